The van der Waals surface area contributed by atoms with Crippen LogP contribution in [0.25, 0.3) is 0 Å². The van der Waals surface area contributed by atoms with Crippen molar-refractivity contribution in [3.63, 3.8) is 0 Å². The van der Waals surface area contributed by atoms with E-state index in [2.05, 4.69) is 55.5 Å². The smallest absolute Gasteiger partial charge is 0.317 e. The van der Waals surface area contributed by atoms with Gasteiger partial charge in [0, 0.05) is 38.3 Å². The number of hydrogen-bond donors (Lipinski definition) is 1. The van der Waals surface area contributed by atoms with Gasteiger partial charge < -0.3 is 19.6 Å². The van der Waals surface area contributed by atoms with Gasteiger partial charge in [-0.1, -0.05) is 50.2 Å². The third-order valence-electron chi connectivity index (χ3n) is 5.94. The highest BCUT2D eigenvalue weighted by molar-refractivity contribution is 5.80. The minimum absolute atomic E-state index is 0.0492. The number of carbonyl (C=O) groups is 2. The molecule has 1 fully saturated rings. The Labute approximate surface area is 184 Å². The van der Waals surface area contributed by atoms with Crippen molar-refractivity contribution in [1.29, 1.82) is 0 Å². The molecule has 1 aromatic carbocycles. The maximum atomic E-state index is 12.6. The number of rotatable bonds is 5. The molecule has 1 aliphatic rings. The van der Waals surface area contributed by atoms with Crippen LogP contribution >= 0.6 is 0 Å². The molecule has 31 heavy (non-hydrogen) atoms. The number of nitrogens with one attached hydrogen (secondary N) is 1. The van der Waals surface area contributed by atoms with E-state index in [0.717, 1.165) is 17.7 Å². The second-order valence-electron chi connectivity index (χ2n) is 9.28. The number of nitrogens with zero attached hydrogens (tertiary/aromatic N) is 3. The lowest BCUT2D eigenvalue weighted by molar-refractivity contribution is -0.131. The Morgan fingerprint density at radius 1 is 1.03 bits per heavy atom. The molecule has 1 N–H and O–H groups in total. The van der Waals surface area contributed by atoms with Crippen molar-refractivity contribution in [3.05, 3.63) is 52.4 Å². The van der Waals surface area contributed by atoms with E-state index < -0.39 is 0 Å². The third kappa shape index (κ3) is 5.87. The van der Waals surface area contributed by atoms with Gasteiger partial charge in [0.1, 0.15) is 5.76 Å². The van der Waals surface area contributed by atoms with Crippen molar-refractivity contribution < 1.29 is 14.1 Å². The van der Waals surface area contributed by atoms with Crippen LogP contribution in [-0.4, -0.2) is 59.6 Å². The molecule has 0 saturated carbocycles. The van der Waals surface area contributed by atoms with Gasteiger partial charge >= 0.3 is 6.03 Å². The molecule has 7 heteroatoms. The number of aryl methyl sites for hydroxylation is 2. The van der Waals surface area contributed by atoms with Crippen LogP contribution in [0.5, 0.6) is 0 Å². The van der Waals surface area contributed by atoms with Crippen LogP contribution in [-0.2, 0) is 23.1 Å². The Morgan fingerprint density at radius 3 is 2.19 bits per heavy atom. The van der Waals surface area contributed by atoms with E-state index in [9.17, 15) is 9.59 Å². The van der Waals surface area contributed by atoms with Crippen LogP contribution in [0.4, 0.5) is 4.79 Å². The predicted molar refractivity (Wildman–Crippen MR) is 120 cm³/mol. The van der Waals surface area contributed by atoms with E-state index in [1.165, 1.54) is 11.1 Å². The number of hydrogen-bond acceptors (Lipinski definition) is 4. The first-order valence-corrected chi connectivity index (χ1v) is 11.0. The third-order valence-corrected chi connectivity index (χ3v) is 5.94. The van der Waals surface area contributed by atoms with Gasteiger partial charge in [-0.15, -0.1) is 0 Å². The number of benzene rings is 1. The van der Waals surface area contributed by atoms with Crippen LogP contribution in [0.1, 0.15) is 48.9 Å². The summed E-state index contributed by atoms with van der Waals surface area (Å²) in [6.45, 7) is 13.0. The number of amides is 3. The molecule has 7 nitrogen and oxygen atoms in total. The van der Waals surface area contributed by atoms with E-state index in [1.807, 2.05) is 18.7 Å². The molecule has 0 bridgehead atoms. The van der Waals surface area contributed by atoms with Gasteiger partial charge in [0.15, 0.2) is 0 Å². The first kappa shape index (κ1) is 22.8. The molecular formula is C24H34N4O3. The highest BCUT2D eigenvalue weighted by Crippen LogP contribution is 2.22. The molecule has 2 aromatic rings. The minimum Gasteiger partial charge on any atom is -0.361 e. The average molecular weight is 427 g/mol. The van der Waals surface area contributed by atoms with Crippen molar-refractivity contribution in [1.82, 2.24) is 20.3 Å². The van der Waals surface area contributed by atoms with E-state index >= 15 is 0 Å². The highest BCUT2D eigenvalue weighted by atomic mass is 16.5. The zero-order chi connectivity index (χ0) is 22.6. The van der Waals surface area contributed by atoms with Gasteiger partial charge in [-0.2, -0.15) is 0 Å². The Balaban J connectivity index is 1.40. The topological polar surface area (TPSA) is 78.7 Å². The maximum Gasteiger partial charge on any atom is 0.317 e. The molecule has 1 aliphatic heterocycles. The molecule has 0 unspecified atom stereocenters. The second kappa shape index (κ2) is 9.54. The van der Waals surface area contributed by atoms with E-state index in [1.54, 1.807) is 4.90 Å². The molecule has 2 heterocycles. The quantitative estimate of drug-likeness (QED) is 0.796. The van der Waals surface area contributed by atoms with Gasteiger partial charge in [0.25, 0.3) is 0 Å². The van der Waals surface area contributed by atoms with Crippen molar-refractivity contribution in [2.45, 2.75) is 52.9 Å². The average Bonchev–Trinajstić information content (AvgIpc) is 3.05. The molecule has 168 valence electrons. The largest absolute Gasteiger partial charge is 0.361 e. The molecule has 0 spiro atoms. The van der Waals surface area contributed by atoms with Crippen LogP contribution in [0.2, 0.25) is 0 Å². The van der Waals surface area contributed by atoms with E-state index in [4.69, 9.17) is 4.52 Å². The van der Waals surface area contributed by atoms with Crippen LogP contribution in [0.15, 0.2) is 28.8 Å². The first-order valence-electron chi connectivity index (χ1n) is 11.0. The molecule has 0 aliphatic carbocycles. The Morgan fingerprint density at radius 2 is 1.65 bits per heavy atom. The Kier molecular flexibility index (Phi) is 7.03. The van der Waals surface area contributed by atoms with Gasteiger partial charge in [-0.25, -0.2) is 4.79 Å². The fourth-order valence-electron chi connectivity index (χ4n) is 3.77. The molecular weight excluding hydrogens is 392 g/mol. The second-order valence-corrected chi connectivity index (χ2v) is 9.28. The monoisotopic (exact) mass is 426 g/mol. The Bertz CT molecular complexity index is 884. The summed E-state index contributed by atoms with van der Waals surface area (Å²) in [5.41, 5.74) is 4.28. The lowest BCUT2D eigenvalue weighted by Crippen LogP contribution is -2.53. The lowest BCUT2D eigenvalue weighted by atomic mass is 9.86. The fraction of sp³-hybridized carbons (Fsp3) is 0.542. The number of aromatic nitrogens is 1. The van der Waals surface area contributed by atoms with Crippen molar-refractivity contribution >= 4 is 11.9 Å². The van der Waals surface area contributed by atoms with Crippen molar-refractivity contribution in [2.24, 2.45) is 0 Å². The van der Waals surface area contributed by atoms with Crippen molar-refractivity contribution in [2.75, 3.05) is 32.7 Å². The summed E-state index contributed by atoms with van der Waals surface area (Å²) < 4.78 is 5.14. The zero-order valence-corrected chi connectivity index (χ0v) is 19.3. The first-order chi connectivity index (χ1) is 14.6. The van der Waals surface area contributed by atoms with Crippen LogP contribution < -0.4 is 5.32 Å². The van der Waals surface area contributed by atoms with Crippen LogP contribution in [0.3, 0.4) is 0 Å². The van der Waals surface area contributed by atoms with Gasteiger partial charge in [0.2, 0.25) is 5.91 Å². The zero-order valence-electron chi connectivity index (χ0n) is 19.3. The summed E-state index contributed by atoms with van der Waals surface area (Å²) in [6.07, 6.45) is 1.09. The van der Waals surface area contributed by atoms with E-state index in [0.29, 0.717) is 44.9 Å². The van der Waals surface area contributed by atoms with Crippen LogP contribution in [0, 0.1) is 13.8 Å². The van der Waals surface area contributed by atoms with Gasteiger partial charge in [-0.3, -0.25) is 4.79 Å². The number of piperazine rings is 1. The summed E-state index contributed by atoms with van der Waals surface area (Å²) >= 11 is 0. The summed E-state index contributed by atoms with van der Waals surface area (Å²) in [5.74, 6) is 0.741. The highest BCUT2D eigenvalue weighted by Gasteiger charge is 2.25. The Hall–Kier alpha value is -2.83. The standard InChI is InChI=1S/C24H34N4O3/c1-17-21(18(2)31-26-17)16-22(29)27-12-14-28(15-13-27)23(30)25-11-10-19-6-8-20(9-7-19)24(3,4)5/h6-9H,10-16H2,1-5H3,(H,25,30). The summed E-state index contributed by atoms with van der Waals surface area (Å²) in [5, 5.41) is 6.91. The van der Waals surface area contributed by atoms with Gasteiger partial charge in [-0.05, 0) is 36.8 Å². The molecule has 0 radical (unpaired) electrons. The molecule has 1 aromatic heterocycles. The summed E-state index contributed by atoms with van der Waals surface area (Å²) in [6, 6.07) is 8.53. The molecule has 3 amide bonds. The minimum atomic E-state index is -0.0656. The summed E-state index contributed by atoms with van der Waals surface area (Å²) in [7, 11) is 0. The fourth-order valence-corrected chi connectivity index (χ4v) is 3.77. The maximum absolute atomic E-state index is 12.6. The van der Waals surface area contributed by atoms with Crippen molar-refractivity contribution in [3.8, 4) is 0 Å². The predicted octanol–water partition coefficient (Wildman–Crippen LogP) is 3.23. The SMILES string of the molecule is Cc1noc(C)c1CC(=O)N1CCN(C(=O)NCCc2ccc(C(C)(C)C)cc2)CC1. The van der Waals surface area contributed by atoms with E-state index in [-0.39, 0.29) is 17.4 Å². The number of carbonyl (C=O) groups excluding carboxylic acids is 2. The molecule has 1 saturated heterocycles. The molecule has 0 atom stereocenters. The molecule has 3 rings (SSSR count). The number of urea groups is 1. The van der Waals surface area contributed by atoms with Gasteiger partial charge in [0.05, 0.1) is 12.1 Å². The summed E-state index contributed by atoms with van der Waals surface area (Å²) in [4.78, 5) is 28.7. The lowest BCUT2D eigenvalue weighted by Gasteiger charge is -2.34. The normalized spacial score (nSPS) is 14.6.